The molecule has 0 aromatic heterocycles. The summed E-state index contributed by atoms with van der Waals surface area (Å²) in [5.41, 5.74) is 2.39. The van der Waals surface area contributed by atoms with Crippen molar-refractivity contribution in [3.05, 3.63) is 29.3 Å². The first kappa shape index (κ1) is 14.4. The fraction of sp³-hybridized carbons (Fsp3) is 0.625. The number of hydrogen-bond acceptors (Lipinski definition) is 3. The van der Waals surface area contributed by atoms with Crippen LogP contribution in [0.5, 0.6) is 5.75 Å². The van der Waals surface area contributed by atoms with Crippen LogP contribution in [0.2, 0.25) is 0 Å². The Balaban J connectivity index is 1.67. The number of phenolic OH excluding ortho intramolecular Hbond substituents is 1. The van der Waals surface area contributed by atoms with Crippen molar-refractivity contribution in [3.63, 3.8) is 0 Å². The molecule has 2 rings (SSSR count). The van der Waals surface area contributed by atoms with Crippen LogP contribution < -0.4 is 5.32 Å². The first-order valence-electron chi connectivity index (χ1n) is 7.44. The van der Waals surface area contributed by atoms with E-state index in [-0.39, 0.29) is 0 Å². The maximum Gasteiger partial charge on any atom is 0.119 e. The maximum atomic E-state index is 9.79. The van der Waals surface area contributed by atoms with E-state index in [1.54, 1.807) is 6.07 Å². The second-order valence-electron chi connectivity index (χ2n) is 5.21. The van der Waals surface area contributed by atoms with Gasteiger partial charge in [-0.2, -0.15) is 0 Å². The third-order valence-corrected chi connectivity index (χ3v) is 3.74. The Kier molecular flexibility index (Phi) is 5.67. The molecule has 1 aromatic carbocycles. The Morgan fingerprint density at radius 2 is 2.16 bits per heavy atom. The van der Waals surface area contributed by atoms with Gasteiger partial charge in [-0.05, 0) is 49.4 Å². The first-order valence-corrected chi connectivity index (χ1v) is 7.44. The van der Waals surface area contributed by atoms with Crippen molar-refractivity contribution in [1.82, 2.24) is 5.32 Å². The van der Waals surface area contributed by atoms with E-state index in [4.69, 9.17) is 4.74 Å². The highest BCUT2D eigenvalue weighted by atomic mass is 16.5. The first-order chi connectivity index (χ1) is 9.33. The fourth-order valence-electron chi connectivity index (χ4n) is 2.65. The van der Waals surface area contributed by atoms with Gasteiger partial charge >= 0.3 is 0 Å². The van der Waals surface area contributed by atoms with Gasteiger partial charge < -0.3 is 15.2 Å². The zero-order chi connectivity index (χ0) is 13.5. The summed E-state index contributed by atoms with van der Waals surface area (Å²) in [4.78, 5) is 0. The molecule has 2 N–H and O–H groups in total. The van der Waals surface area contributed by atoms with Crippen LogP contribution in [0.15, 0.2) is 18.2 Å². The molecule has 19 heavy (non-hydrogen) atoms. The van der Waals surface area contributed by atoms with Crippen LogP contribution in [0.25, 0.3) is 0 Å². The Bertz CT molecular complexity index is 392. The summed E-state index contributed by atoms with van der Waals surface area (Å²) in [6.45, 7) is 4.88. The number of nitrogens with one attached hydrogen (secondary N) is 1. The molecule has 0 radical (unpaired) electrons. The van der Waals surface area contributed by atoms with Gasteiger partial charge in [0.05, 0.1) is 0 Å². The number of unbranched alkanes of at least 4 members (excludes halogenated alkanes) is 1. The molecule has 0 saturated carbocycles. The van der Waals surface area contributed by atoms with E-state index in [2.05, 4.69) is 18.3 Å². The normalized spacial score (nSPS) is 17.6. The number of aromatic hydroxyl groups is 1. The van der Waals surface area contributed by atoms with E-state index in [9.17, 15) is 5.11 Å². The Morgan fingerprint density at radius 3 is 3.00 bits per heavy atom. The summed E-state index contributed by atoms with van der Waals surface area (Å²) in [7, 11) is 0. The van der Waals surface area contributed by atoms with Crippen molar-refractivity contribution in [2.24, 2.45) is 0 Å². The van der Waals surface area contributed by atoms with Crippen LogP contribution in [0.1, 0.15) is 49.8 Å². The van der Waals surface area contributed by atoms with Gasteiger partial charge in [0.1, 0.15) is 5.75 Å². The molecule has 0 heterocycles. The summed E-state index contributed by atoms with van der Waals surface area (Å²) in [6, 6.07) is 6.24. The van der Waals surface area contributed by atoms with Crippen LogP contribution in [0, 0.1) is 0 Å². The monoisotopic (exact) mass is 263 g/mol. The molecule has 1 aromatic rings. The lowest BCUT2D eigenvalue weighted by Crippen LogP contribution is -2.21. The molecule has 3 heteroatoms. The minimum atomic E-state index is 0.401. The molecular weight excluding hydrogens is 238 g/mol. The lowest BCUT2D eigenvalue weighted by Gasteiger charge is -2.14. The third-order valence-electron chi connectivity index (χ3n) is 3.74. The predicted octanol–water partition coefficient (Wildman–Crippen LogP) is 3.18. The average Bonchev–Trinajstić information content (AvgIpc) is 2.83. The molecule has 0 saturated heterocycles. The van der Waals surface area contributed by atoms with Gasteiger partial charge in [0.2, 0.25) is 0 Å². The molecule has 1 aliphatic carbocycles. The lowest BCUT2D eigenvalue weighted by molar-refractivity contribution is 0.128. The quantitative estimate of drug-likeness (QED) is 0.708. The van der Waals surface area contributed by atoms with Crippen molar-refractivity contribution in [1.29, 1.82) is 0 Å². The second-order valence-corrected chi connectivity index (χ2v) is 5.21. The molecule has 0 aliphatic heterocycles. The SMILES string of the molecule is CCCCOCCCNC1CCc2c(O)cccc21. The lowest BCUT2D eigenvalue weighted by atomic mass is 10.1. The van der Waals surface area contributed by atoms with E-state index >= 15 is 0 Å². The molecule has 1 unspecified atom stereocenters. The molecule has 1 aliphatic rings. The van der Waals surface area contributed by atoms with E-state index in [0.29, 0.717) is 11.8 Å². The highest BCUT2D eigenvalue weighted by molar-refractivity contribution is 5.44. The highest BCUT2D eigenvalue weighted by Gasteiger charge is 2.23. The Hall–Kier alpha value is -1.06. The summed E-state index contributed by atoms with van der Waals surface area (Å²) in [5.74, 6) is 0.449. The van der Waals surface area contributed by atoms with Crippen LogP contribution in [0.4, 0.5) is 0 Å². The molecular formula is C16H25NO2. The van der Waals surface area contributed by atoms with Crippen molar-refractivity contribution in [3.8, 4) is 5.75 Å². The van der Waals surface area contributed by atoms with E-state index < -0.39 is 0 Å². The minimum absolute atomic E-state index is 0.401. The molecule has 106 valence electrons. The number of benzene rings is 1. The van der Waals surface area contributed by atoms with Gasteiger partial charge in [0.25, 0.3) is 0 Å². The zero-order valence-corrected chi connectivity index (χ0v) is 11.8. The van der Waals surface area contributed by atoms with Gasteiger partial charge in [0.15, 0.2) is 0 Å². The molecule has 0 spiro atoms. The topological polar surface area (TPSA) is 41.5 Å². The van der Waals surface area contributed by atoms with Crippen molar-refractivity contribution in [2.45, 2.75) is 45.1 Å². The molecule has 0 fully saturated rings. The number of phenols is 1. The van der Waals surface area contributed by atoms with Crippen molar-refractivity contribution >= 4 is 0 Å². The van der Waals surface area contributed by atoms with Crippen LogP contribution in [0.3, 0.4) is 0 Å². The van der Waals surface area contributed by atoms with Crippen molar-refractivity contribution < 1.29 is 9.84 Å². The molecule has 0 bridgehead atoms. The molecule has 0 amide bonds. The predicted molar refractivity (Wildman–Crippen MR) is 77.5 cm³/mol. The van der Waals surface area contributed by atoms with Crippen LogP contribution >= 0.6 is 0 Å². The van der Waals surface area contributed by atoms with Crippen LogP contribution in [-0.4, -0.2) is 24.9 Å². The number of ether oxygens (including phenoxy) is 1. The maximum absolute atomic E-state index is 9.79. The molecule has 3 nitrogen and oxygen atoms in total. The van der Waals surface area contributed by atoms with Crippen LogP contribution in [-0.2, 0) is 11.2 Å². The van der Waals surface area contributed by atoms with Gasteiger partial charge in [0, 0.05) is 19.3 Å². The van der Waals surface area contributed by atoms with E-state index in [0.717, 1.165) is 51.0 Å². The van der Waals surface area contributed by atoms with Gasteiger partial charge in [-0.3, -0.25) is 0 Å². The standard InChI is InChI=1S/C16H25NO2/c1-2-3-11-19-12-5-10-17-15-9-8-14-13(15)6-4-7-16(14)18/h4,6-7,15,17-18H,2-3,5,8-12H2,1H3. The average molecular weight is 263 g/mol. The number of fused-ring (bicyclic) bond motifs is 1. The van der Waals surface area contributed by atoms with E-state index in [1.165, 1.54) is 12.0 Å². The summed E-state index contributed by atoms with van der Waals surface area (Å²) in [5, 5.41) is 13.4. The Labute approximate surface area is 116 Å². The largest absolute Gasteiger partial charge is 0.508 e. The summed E-state index contributed by atoms with van der Waals surface area (Å²) < 4.78 is 5.55. The highest BCUT2D eigenvalue weighted by Crippen LogP contribution is 2.36. The fourth-order valence-corrected chi connectivity index (χ4v) is 2.65. The number of hydrogen-bond donors (Lipinski definition) is 2. The third kappa shape index (κ3) is 3.95. The molecule has 1 atom stereocenters. The van der Waals surface area contributed by atoms with Gasteiger partial charge in [-0.1, -0.05) is 25.5 Å². The summed E-state index contributed by atoms with van der Waals surface area (Å²) in [6.07, 6.45) is 5.47. The van der Waals surface area contributed by atoms with Crippen molar-refractivity contribution in [2.75, 3.05) is 19.8 Å². The minimum Gasteiger partial charge on any atom is -0.508 e. The van der Waals surface area contributed by atoms with Gasteiger partial charge in [-0.25, -0.2) is 0 Å². The number of rotatable bonds is 8. The summed E-state index contributed by atoms with van der Waals surface area (Å²) >= 11 is 0. The van der Waals surface area contributed by atoms with Gasteiger partial charge in [-0.15, -0.1) is 0 Å². The van der Waals surface area contributed by atoms with E-state index in [1.807, 2.05) is 6.07 Å². The smallest absolute Gasteiger partial charge is 0.119 e. The second kappa shape index (κ2) is 7.51. The zero-order valence-electron chi connectivity index (χ0n) is 11.8. The Morgan fingerprint density at radius 1 is 1.32 bits per heavy atom.